The van der Waals surface area contributed by atoms with Crippen molar-refractivity contribution in [3.8, 4) is 0 Å². The molecule has 0 aromatic heterocycles. The Labute approximate surface area is 184 Å². The molecule has 0 radical (unpaired) electrons. The van der Waals surface area contributed by atoms with E-state index in [0.29, 0.717) is 22.8 Å². The second-order valence-electron chi connectivity index (χ2n) is 7.42. The lowest BCUT2D eigenvalue weighted by Gasteiger charge is -2.23. The lowest BCUT2D eigenvalue weighted by molar-refractivity contribution is -0.136. The van der Waals surface area contributed by atoms with Gasteiger partial charge in [-0.25, -0.2) is 0 Å². The Morgan fingerprint density at radius 1 is 1.03 bits per heavy atom. The van der Waals surface area contributed by atoms with Crippen molar-refractivity contribution in [3.05, 3.63) is 99.0 Å². The quantitative estimate of drug-likeness (QED) is 0.548. The van der Waals surface area contributed by atoms with Gasteiger partial charge < -0.3 is 10.0 Å². The molecule has 4 nitrogen and oxygen atoms in total. The molecule has 0 aliphatic carbocycles. The highest BCUT2D eigenvalue weighted by atomic mass is 35.5. The number of rotatable bonds is 5. The third-order valence-corrected chi connectivity index (χ3v) is 6.02. The minimum Gasteiger partial charge on any atom is -0.375 e. The molecule has 1 aliphatic heterocycles. The zero-order valence-electron chi connectivity index (χ0n) is 16.2. The smallest absolute Gasteiger partial charge is 0.264 e. The number of anilines is 1. The summed E-state index contributed by atoms with van der Waals surface area (Å²) in [5, 5.41) is 12.0. The molecule has 0 bridgehead atoms. The average Bonchev–Trinajstić information content (AvgIpc) is 2.91. The number of fused-ring (bicyclic) bond motifs is 1. The number of nitrogens with zero attached hydrogens (tertiary/aromatic N) is 1. The zero-order chi connectivity index (χ0) is 21.5. The van der Waals surface area contributed by atoms with Crippen molar-refractivity contribution in [2.75, 3.05) is 4.90 Å². The fraction of sp³-hybridized carbons (Fsp3) is 0.167. The summed E-state index contributed by atoms with van der Waals surface area (Å²) in [6, 6.07) is 19.3. The van der Waals surface area contributed by atoms with Crippen LogP contribution in [0.1, 0.15) is 33.5 Å². The minimum atomic E-state index is -1.96. The van der Waals surface area contributed by atoms with Gasteiger partial charge >= 0.3 is 0 Å². The van der Waals surface area contributed by atoms with Crippen molar-refractivity contribution >= 4 is 40.6 Å². The van der Waals surface area contributed by atoms with Gasteiger partial charge in [-0.3, -0.25) is 9.59 Å². The van der Waals surface area contributed by atoms with Gasteiger partial charge in [0.25, 0.3) is 5.91 Å². The maximum Gasteiger partial charge on any atom is 0.264 e. The van der Waals surface area contributed by atoms with E-state index in [1.165, 1.54) is 17.0 Å². The second-order valence-corrected chi connectivity index (χ2v) is 8.26. The first-order chi connectivity index (χ1) is 14.3. The summed E-state index contributed by atoms with van der Waals surface area (Å²) in [7, 11) is 0. The molecular weight excluding hydrogens is 421 g/mol. The molecule has 0 unspecified atom stereocenters. The van der Waals surface area contributed by atoms with Crippen LogP contribution in [0.15, 0.2) is 66.7 Å². The van der Waals surface area contributed by atoms with Gasteiger partial charge in [-0.05, 0) is 42.3 Å². The Hall–Kier alpha value is -2.66. The maximum absolute atomic E-state index is 13.4. The first kappa shape index (κ1) is 20.6. The average molecular weight is 440 g/mol. The lowest BCUT2D eigenvalue weighted by atomic mass is 9.88. The van der Waals surface area contributed by atoms with Crippen LogP contribution in [0.3, 0.4) is 0 Å². The fourth-order valence-electron chi connectivity index (χ4n) is 3.84. The largest absolute Gasteiger partial charge is 0.375 e. The molecule has 1 atom stereocenters. The first-order valence-electron chi connectivity index (χ1n) is 9.48. The summed E-state index contributed by atoms with van der Waals surface area (Å²) in [6.45, 7) is 2.28. The zero-order valence-corrected chi connectivity index (χ0v) is 17.7. The van der Waals surface area contributed by atoms with Gasteiger partial charge in [-0.2, -0.15) is 0 Å². The van der Waals surface area contributed by atoms with E-state index in [4.69, 9.17) is 23.2 Å². The third-order valence-electron chi connectivity index (χ3n) is 5.48. The molecule has 1 heterocycles. The van der Waals surface area contributed by atoms with E-state index in [2.05, 4.69) is 0 Å². The number of benzene rings is 3. The summed E-state index contributed by atoms with van der Waals surface area (Å²) in [6.07, 6.45) is -0.408. The van der Waals surface area contributed by atoms with Crippen LogP contribution in [0.25, 0.3) is 0 Å². The van der Waals surface area contributed by atoms with Crippen molar-refractivity contribution in [1.29, 1.82) is 0 Å². The summed E-state index contributed by atoms with van der Waals surface area (Å²) in [4.78, 5) is 27.9. The molecule has 0 spiro atoms. The van der Waals surface area contributed by atoms with Crippen LogP contribution in [-0.2, 0) is 16.9 Å². The Morgan fingerprint density at radius 2 is 1.73 bits per heavy atom. The highest BCUT2D eigenvalue weighted by Crippen LogP contribution is 2.44. The number of aryl methyl sites for hydroxylation is 1. The molecule has 3 aromatic carbocycles. The van der Waals surface area contributed by atoms with Crippen molar-refractivity contribution in [1.82, 2.24) is 0 Å². The molecule has 0 fully saturated rings. The number of amides is 1. The van der Waals surface area contributed by atoms with Crippen molar-refractivity contribution in [3.63, 3.8) is 0 Å². The molecule has 30 heavy (non-hydrogen) atoms. The van der Waals surface area contributed by atoms with Gasteiger partial charge in [0.15, 0.2) is 11.4 Å². The van der Waals surface area contributed by atoms with Gasteiger partial charge in [0, 0.05) is 16.1 Å². The van der Waals surface area contributed by atoms with E-state index in [0.717, 1.165) is 11.1 Å². The van der Waals surface area contributed by atoms with E-state index in [9.17, 15) is 14.7 Å². The predicted octanol–water partition coefficient (Wildman–Crippen LogP) is 5.31. The molecule has 4 rings (SSSR count). The number of Topliss-reactive ketones (excluding diaryl/α,β-unsaturated/α-hetero) is 1. The van der Waals surface area contributed by atoms with Crippen LogP contribution in [0.2, 0.25) is 10.0 Å². The van der Waals surface area contributed by atoms with E-state index >= 15 is 0 Å². The highest BCUT2D eigenvalue weighted by molar-refractivity contribution is 6.37. The molecule has 6 heteroatoms. The van der Waals surface area contributed by atoms with Gasteiger partial charge in [0.05, 0.1) is 23.7 Å². The van der Waals surface area contributed by atoms with E-state index in [1.807, 2.05) is 31.2 Å². The number of hydrogen-bond acceptors (Lipinski definition) is 3. The summed E-state index contributed by atoms with van der Waals surface area (Å²) in [5.41, 5.74) is 1.29. The highest BCUT2D eigenvalue weighted by Gasteiger charge is 2.50. The number of carbonyl (C=O) groups excluding carboxylic acids is 2. The van der Waals surface area contributed by atoms with Crippen molar-refractivity contribution < 1.29 is 14.7 Å². The van der Waals surface area contributed by atoms with Crippen LogP contribution in [-0.4, -0.2) is 16.8 Å². The van der Waals surface area contributed by atoms with Crippen LogP contribution >= 0.6 is 23.2 Å². The summed E-state index contributed by atoms with van der Waals surface area (Å²) >= 11 is 12.1. The number of aliphatic hydroxyl groups is 1. The molecule has 152 valence electrons. The number of halogens is 2. The summed E-state index contributed by atoms with van der Waals surface area (Å²) < 4.78 is 0. The SMILES string of the molecule is Cc1ccccc1CN1C(=O)[C@@](O)(CC(=O)c2ccc(Cl)cc2Cl)c2ccccc21. The number of ketones is 1. The monoisotopic (exact) mass is 439 g/mol. The Kier molecular flexibility index (Phi) is 5.41. The third kappa shape index (κ3) is 3.52. The Balaban J connectivity index is 1.70. The van der Waals surface area contributed by atoms with Gasteiger partial charge in [-0.1, -0.05) is 65.7 Å². The molecule has 1 aliphatic rings. The fourth-order valence-corrected chi connectivity index (χ4v) is 4.35. The predicted molar refractivity (Wildman–Crippen MR) is 118 cm³/mol. The molecule has 0 saturated heterocycles. The van der Waals surface area contributed by atoms with Gasteiger partial charge in [0.1, 0.15) is 0 Å². The van der Waals surface area contributed by atoms with Gasteiger partial charge in [0.2, 0.25) is 0 Å². The topological polar surface area (TPSA) is 57.6 Å². The molecule has 1 amide bonds. The van der Waals surface area contributed by atoms with Crippen LogP contribution in [0, 0.1) is 6.92 Å². The maximum atomic E-state index is 13.4. The number of para-hydroxylation sites is 1. The normalized spacial score (nSPS) is 17.9. The molecule has 1 N–H and O–H groups in total. The van der Waals surface area contributed by atoms with E-state index < -0.39 is 23.7 Å². The van der Waals surface area contributed by atoms with E-state index in [1.54, 1.807) is 30.3 Å². The Bertz CT molecular complexity index is 1160. The van der Waals surface area contributed by atoms with Crippen molar-refractivity contribution in [2.45, 2.75) is 25.5 Å². The van der Waals surface area contributed by atoms with Crippen molar-refractivity contribution in [2.24, 2.45) is 0 Å². The van der Waals surface area contributed by atoms with Crippen LogP contribution in [0.4, 0.5) is 5.69 Å². The summed E-state index contributed by atoms with van der Waals surface area (Å²) in [5.74, 6) is -0.953. The molecular formula is C24H19Cl2NO3. The second kappa shape index (κ2) is 7.88. The number of carbonyl (C=O) groups is 2. The van der Waals surface area contributed by atoms with Crippen LogP contribution in [0.5, 0.6) is 0 Å². The first-order valence-corrected chi connectivity index (χ1v) is 10.2. The molecule has 3 aromatic rings. The van der Waals surface area contributed by atoms with Crippen LogP contribution < -0.4 is 4.90 Å². The lowest BCUT2D eigenvalue weighted by Crippen LogP contribution is -2.41. The Morgan fingerprint density at radius 3 is 2.47 bits per heavy atom. The van der Waals surface area contributed by atoms with E-state index in [-0.39, 0.29) is 10.6 Å². The van der Waals surface area contributed by atoms with Gasteiger partial charge in [-0.15, -0.1) is 0 Å². The number of hydrogen-bond donors (Lipinski definition) is 1. The minimum absolute atomic E-state index is 0.187. The molecule has 0 saturated carbocycles. The standard InChI is InChI=1S/C24H19Cl2NO3/c1-15-6-2-3-7-16(15)14-27-21-9-5-4-8-19(21)24(30,23(27)29)13-22(28)18-11-10-17(25)12-20(18)26/h2-12,30H,13-14H2,1H3/t24-/m1/s1.